The van der Waals surface area contributed by atoms with E-state index in [2.05, 4.69) is 5.32 Å². The molecule has 0 aromatic heterocycles. The molecule has 7 nitrogen and oxygen atoms in total. The molecule has 0 spiro atoms. The molecule has 3 rings (SSSR count). The zero-order valence-electron chi connectivity index (χ0n) is 18.3. The van der Waals surface area contributed by atoms with Gasteiger partial charge in [0.2, 0.25) is 11.8 Å². The van der Waals surface area contributed by atoms with Crippen molar-refractivity contribution in [2.24, 2.45) is 0 Å². The fourth-order valence-corrected chi connectivity index (χ4v) is 3.63. The number of halogens is 1. The molecule has 2 amide bonds. The number of benzene rings is 2. The van der Waals surface area contributed by atoms with Crippen molar-refractivity contribution in [1.82, 2.24) is 10.2 Å². The van der Waals surface area contributed by atoms with E-state index in [1.807, 2.05) is 30.3 Å². The van der Waals surface area contributed by atoms with Crippen molar-refractivity contribution in [1.29, 1.82) is 0 Å². The molecular formula is C24H27ClN2O5. The predicted molar refractivity (Wildman–Crippen MR) is 120 cm³/mol. The van der Waals surface area contributed by atoms with E-state index in [-0.39, 0.29) is 25.5 Å². The van der Waals surface area contributed by atoms with Crippen molar-refractivity contribution >= 4 is 29.9 Å². The van der Waals surface area contributed by atoms with Crippen molar-refractivity contribution in [3.05, 3.63) is 70.7 Å². The molecule has 32 heavy (non-hydrogen) atoms. The largest absolute Gasteiger partial charge is 0.444 e. The van der Waals surface area contributed by atoms with E-state index in [0.29, 0.717) is 10.6 Å². The van der Waals surface area contributed by atoms with Crippen LogP contribution in [-0.4, -0.2) is 47.8 Å². The van der Waals surface area contributed by atoms with Gasteiger partial charge in [-0.15, -0.1) is 0 Å². The van der Waals surface area contributed by atoms with Gasteiger partial charge in [-0.05, 0) is 44.0 Å². The fourth-order valence-electron chi connectivity index (χ4n) is 3.50. The van der Waals surface area contributed by atoms with Crippen LogP contribution in [0.4, 0.5) is 4.79 Å². The van der Waals surface area contributed by atoms with Crippen molar-refractivity contribution in [2.45, 2.75) is 44.6 Å². The van der Waals surface area contributed by atoms with E-state index in [1.54, 1.807) is 45.0 Å². The second-order valence-electron chi connectivity index (χ2n) is 8.67. The maximum absolute atomic E-state index is 13.3. The van der Waals surface area contributed by atoms with Crippen molar-refractivity contribution in [3.8, 4) is 0 Å². The Kier molecular flexibility index (Phi) is 7.21. The smallest absolute Gasteiger partial charge is 0.414 e. The molecule has 0 aliphatic carbocycles. The van der Waals surface area contributed by atoms with Gasteiger partial charge in [0.25, 0.3) is 0 Å². The Morgan fingerprint density at radius 2 is 1.88 bits per heavy atom. The summed E-state index contributed by atoms with van der Waals surface area (Å²) in [7, 11) is 0. The van der Waals surface area contributed by atoms with Crippen molar-refractivity contribution < 1.29 is 23.9 Å². The molecule has 0 unspecified atom stereocenters. The summed E-state index contributed by atoms with van der Waals surface area (Å²) in [5, 5.41) is 3.34. The minimum absolute atomic E-state index is 0.0623. The summed E-state index contributed by atoms with van der Waals surface area (Å²) in [6, 6.07) is 16.2. The summed E-state index contributed by atoms with van der Waals surface area (Å²) in [4.78, 5) is 38.9. The molecule has 2 atom stereocenters. The molecule has 2 aromatic rings. The number of carbonyl (C=O) groups is 3. The highest BCUT2D eigenvalue weighted by Crippen LogP contribution is 2.29. The number of hydrogen-bond donors (Lipinski definition) is 1. The van der Waals surface area contributed by atoms with E-state index in [9.17, 15) is 14.4 Å². The molecule has 8 heteroatoms. The Bertz CT molecular complexity index is 959. The van der Waals surface area contributed by atoms with Gasteiger partial charge in [0.05, 0.1) is 5.92 Å². The summed E-state index contributed by atoms with van der Waals surface area (Å²) < 4.78 is 11.5. The van der Waals surface area contributed by atoms with E-state index < -0.39 is 23.5 Å². The van der Waals surface area contributed by atoms with Gasteiger partial charge >= 0.3 is 6.09 Å². The van der Waals surface area contributed by atoms with Gasteiger partial charge in [-0.3, -0.25) is 9.69 Å². The molecule has 2 aromatic carbocycles. The summed E-state index contributed by atoms with van der Waals surface area (Å²) in [6.07, 6.45) is 0.245. The Morgan fingerprint density at radius 1 is 1.22 bits per heavy atom. The lowest BCUT2D eigenvalue weighted by molar-refractivity contribution is -0.134. The average molecular weight is 459 g/mol. The van der Waals surface area contributed by atoms with Gasteiger partial charge in [0.1, 0.15) is 18.5 Å². The summed E-state index contributed by atoms with van der Waals surface area (Å²) in [6.45, 7) is 4.97. The number of carbonyl (C=O) groups excluding carboxylic acids is 3. The van der Waals surface area contributed by atoms with Gasteiger partial charge in [-0.25, -0.2) is 4.79 Å². The number of nitrogens with zero attached hydrogens (tertiary/aromatic N) is 1. The first-order valence-corrected chi connectivity index (χ1v) is 10.7. The topological polar surface area (TPSA) is 84.9 Å². The lowest BCUT2D eigenvalue weighted by Gasteiger charge is -2.41. The minimum Gasteiger partial charge on any atom is -0.444 e. The third-order valence-electron chi connectivity index (χ3n) is 4.95. The van der Waals surface area contributed by atoms with Gasteiger partial charge in [0, 0.05) is 18.0 Å². The molecule has 1 aliphatic rings. The molecule has 1 N–H and O–H groups in total. The molecular weight excluding hydrogens is 432 g/mol. The second-order valence-corrected chi connectivity index (χ2v) is 9.11. The van der Waals surface area contributed by atoms with E-state index in [0.717, 1.165) is 11.8 Å². The molecule has 0 saturated carbocycles. The highest BCUT2D eigenvalue weighted by Gasteiger charge is 2.49. The zero-order chi connectivity index (χ0) is 23.4. The van der Waals surface area contributed by atoms with Crippen LogP contribution in [0.5, 0.6) is 0 Å². The maximum Gasteiger partial charge on any atom is 0.414 e. The molecule has 0 bridgehead atoms. The average Bonchev–Trinajstić information content (AvgIpc) is 3.10. The van der Waals surface area contributed by atoms with Gasteiger partial charge in [-0.1, -0.05) is 54.1 Å². The maximum atomic E-state index is 13.3. The van der Waals surface area contributed by atoms with Gasteiger partial charge in [0.15, 0.2) is 0 Å². The van der Waals surface area contributed by atoms with Crippen LogP contribution in [0.1, 0.15) is 37.8 Å². The lowest BCUT2D eigenvalue weighted by Crippen LogP contribution is -2.62. The van der Waals surface area contributed by atoms with E-state index in [4.69, 9.17) is 21.1 Å². The van der Waals surface area contributed by atoms with Crippen molar-refractivity contribution in [2.75, 3.05) is 13.2 Å². The standard InChI is InChI=1S/C24H27ClN2O5/c1-23(2,3)32-22(30)27(14-19(15-28)18-9-11-20(25)12-10-18)24(26-21(29)16-31-24)13-17-7-5-4-6-8-17/h4-12,15,19H,13-14,16H2,1-3H3,(H,26,29)/t19-,24+/m0/s1. The molecule has 1 fully saturated rings. The van der Waals surface area contributed by atoms with Crippen molar-refractivity contribution in [3.63, 3.8) is 0 Å². The third-order valence-corrected chi connectivity index (χ3v) is 5.21. The summed E-state index contributed by atoms with van der Waals surface area (Å²) in [5.74, 6) is -2.54. The minimum atomic E-state index is -1.49. The fraction of sp³-hybridized carbons (Fsp3) is 0.375. The molecule has 1 heterocycles. The monoisotopic (exact) mass is 458 g/mol. The van der Waals surface area contributed by atoms with Crippen LogP contribution in [-0.2, 0) is 25.5 Å². The Balaban J connectivity index is 2.00. The SMILES string of the molecule is CC(C)(C)OC(=O)N(C[C@@H](C=O)c1ccc(Cl)cc1)[C@@]1(Cc2ccccc2)NC(=O)CO1. The summed E-state index contributed by atoms with van der Waals surface area (Å²) in [5.41, 5.74) is 0.734. The van der Waals surface area contributed by atoms with Crippen LogP contribution >= 0.6 is 11.6 Å². The van der Waals surface area contributed by atoms with Gasteiger partial charge in [-0.2, -0.15) is 0 Å². The summed E-state index contributed by atoms with van der Waals surface area (Å²) >= 11 is 5.98. The Labute approximate surface area is 192 Å². The van der Waals surface area contributed by atoms with Crippen LogP contribution < -0.4 is 5.32 Å². The first-order valence-electron chi connectivity index (χ1n) is 10.3. The lowest BCUT2D eigenvalue weighted by atomic mass is 9.99. The van der Waals surface area contributed by atoms with Crippen LogP contribution in [0.25, 0.3) is 0 Å². The molecule has 1 aliphatic heterocycles. The number of hydrogen-bond acceptors (Lipinski definition) is 5. The highest BCUT2D eigenvalue weighted by molar-refractivity contribution is 6.30. The molecule has 0 radical (unpaired) electrons. The third kappa shape index (κ3) is 5.87. The van der Waals surface area contributed by atoms with E-state index >= 15 is 0 Å². The number of rotatable bonds is 7. The quantitative estimate of drug-likeness (QED) is 0.636. The zero-order valence-corrected chi connectivity index (χ0v) is 19.1. The van der Waals surface area contributed by atoms with Gasteiger partial charge < -0.3 is 19.6 Å². The number of aldehydes is 1. The second kappa shape index (κ2) is 9.71. The normalized spacial score (nSPS) is 19.2. The van der Waals surface area contributed by atoms with Crippen LogP contribution in [0.15, 0.2) is 54.6 Å². The molecule has 170 valence electrons. The van der Waals surface area contributed by atoms with E-state index in [1.165, 1.54) is 4.90 Å². The predicted octanol–water partition coefficient (Wildman–Crippen LogP) is 3.90. The number of amides is 2. The van der Waals surface area contributed by atoms with Crippen LogP contribution in [0.2, 0.25) is 5.02 Å². The highest BCUT2D eigenvalue weighted by atomic mass is 35.5. The first-order chi connectivity index (χ1) is 15.1. The Hall–Kier alpha value is -2.90. The Morgan fingerprint density at radius 3 is 2.41 bits per heavy atom. The molecule has 1 saturated heterocycles. The van der Waals surface area contributed by atoms with Crippen LogP contribution in [0, 0.1) is 0 Å². The number of ether oxygens (including phenoxy) is 2. The van der Waals surface area contributed by atoms with Crippen LogP contribution in [0.3, 0.4) is 0 Å². The first kappa shape index (κ1) is 23.8. The number of nitrogens with one attached hydrogen (secondary N) is 1.